The zero-order valence-electron chi connectivity index (χ0n) is 14.5. The zero-order valence-corrected chi connectivity index (χ0v) is 14.5. The number of rotatable bonds is 7. The summed E-state index contributed by atoms with van der Waals surface area (Å²) in [7, 11) is 3.46. The van der Waals surface area contributed by atoms with E-state index >= 15 is 0 Å². The summed E-state index contributed by atoms with van der Waals surface area (Å²) in [5.41, 5.74) is 1.28. The van der Waals surface area contributed by atoms with Crippen LogP contribution in [0.1, 0.15) is 18.9 Å². The lowest BCUT2D eigenvalue weighted by molar-refractivity contribution is 0.157. The van der Waals surface area contributed by atoms with E-state index in [9.17, 15) is 0 Å². The quantitative estimate of drug-likeness (QED) is 0.618. The summed E-state index contributed by atoms with van der Waals surface area (Å²) >= 11 is 0. The number of hydrogen-bond acceptors (Lipinski definition) is 3. The minimum Gasteiger partial charge on any atom is -0.497 e. The first-order valence-corrected chi connectivity index (χ1v) is 8.42. The maximum atomic E-state index is 5.27. The Morgan fingerprint density at radius 2 is 2.09 bits per heavy atom. The van der Waals surface area contributed by atoms with Gasteiger partial charge in [0.25, 0.3) is 0 Å². The predicted octanol–water partition coefficient (Wildman–Crippen LogP) is 2.17. The normalized spacial score (nSPS) is 18.3. The summed E-state index contributed by atoms with van der Waals surface area (Å²) in [4.78, 5) is 7.14. The molecule has 1 heterocycles. The molecule has 2 rings (SSSR count). The lowest BCUT2D eigenvalue weighted by Crippen LogP contribution is -2.40. The number of likely N-dealkylation sites (tertiary alicyclic amines) is 1. The van der Waals surface area contributed by atoms with Gasteiger partial charge in [0.05, 0.1) is 13.7 Å². The lowest BCUT2D eigenvalue weighted by Gasteiger charge is -2.21. The van der Waals surface area contributed by atoms with Gasteiger partial charge < -0.3 is 19.7 Å². The second-order valence-corrected chi connectivity index (χ2v) is 5.89. The van der Waals surface area contributed by atoms with Gasteiger partial charge in [0.15, 0.2) is 5.96 Å². The van der Waals surface area contributed by atoms with Gasteiger partial charge in [-0.2, -0.15) is 0 Å². The van der Waals surface area contributed by atoms with Crippen molar-refractivity contribution in [2.75, 3.05) is 47.0 Å². The monoisotopic (exact) mass is 319 g/mol. The summed E-state index contributed by atoms with van der Waals surface area (Å²) < 4.78 is 10.5. The largest absolute Gasteiger partial charge is 0.497 e. The number of hydrogen-bond donors (Lipinski definition) is 1. The molecule has 5 heteroatoms. The number of aliphatic imine (C=N–C) groups is 1. The highest BCUT2D eigenvalue weighted by molar-refractivity contribution is 5.80. The first-order chi connectivity index (χ1) is 11.3. The van der Waals surface area contributed by atoms with Crippen LogP contribution in [0.25, 0.3) is 0 Å². The van der Waals surface area contributed by atoms with E-state index in [-0.39, 0.29) is 0 Å². The zero-order chi connectivity index (χ0) is 16.5. The molecule has 128 valence electrons. The SMILES string of the molecule is CCNC(=NCCc1ccc(OC)cc1)N1CCC(COC)C1. The Morgan fingerprint density at radius 1 is 1.30 bits per heavy atom. The Balaban J connectivity index is 1.88. The van der Waals surface area contributed by atoms with Crippen LogP contribution in [-0.4, -0.2) is 57.9 Å². The summed E-state index contributed by atoms with van der Waals surface area (Å²) in [6.07, 6.45) is 2.12. The van der Waals surface area contributed by atoms with Gasteiger partial charge in [0.2, 0.25) is 0 Å². The van der Waals surface area contributed by atoms with E-state index in [1.807, 2.05) is 12.1 Å². The Hall–Kier alpha value is -1.75. The van der Waals surface area contributed by atoms with E-state index in [1.54, 1.807) is 14.2 Å². The number of nitrogens with one attached hydrogen (secondary N) is 1. The van der Waals surface area contributed by atoms with E-state index in [0.717, 1.165) is 50.9 Å². The molecule has 1 fully saturated rings. The molecule has 1 atom stereocenters. The van der Waals surface area contributed by atoms with Crippen LogP contribution in [0.15, 0.2) is 29.3 Å². The molecule has 0 amide bonds. The Bertz CT molecular complexity index is 488. The molecule has 1 aliphatic heterocycles. The molecule has 0 radical (unpaired) electrons. The van der Waals surface area contributed by atoms with Crippen LogP contribution < -0.4 is 10.1 Å². The van der Waals surface area contributed by atoms with Crippen LogP contribution in [-0.2, 0) is 11.2 Å². The third kappa shape index (κ3) is 5.43. The average molecular weight is 319 g/mol. The molecule has 0 aromatic heterocycles. The van der Waals surface area contributed by atoms with E-state index < -0.39 is 0 Å². The van der Waals surface area contributed by atoms with Crippen LogP contribution in [0.2, 0.25) is 0 Å². The Labute approximate surface area is 139 Å². The van der Waals surface area contributed by atoms with E-state index in [2.05, 4.69) is 29.3 Å². The molecule has 1 aromatic carbocycles. The summed E-state index contributed by atoms with van der Waals surface area (Å²) in [6, 6.07) is 8.21. The van der Waals surface area contributed by atoms with Gasteiger partial charge in [-0.05, 0) is 37.5 Å². The smallest absolute Gasteiger partial charge is 0.193 e. The standard InChI is InChI=1S/C18H29N3O2/c1-4-19-18(21-12-10-16(13-21)14-22-2)20-11-9-15-5-7-17(23-3)8-6-15/h5-8,16H,4,9-14H2,1-3H3,(H,19,20). The second-order valence-electron chi connectivity index (χ2n) is 5.89. The summed E-state index contributed by atoms with van der Waals surface area (Å²) in [5.74, 6) is 2.54. The van der Waals surface area contributed by atoms with Crippen LogP contribution in [0.4, 0.5) is 0 Å². The van der Waals surface area contributed by atoms with Crippen molar-refractivity contribution in [3.05, 3.63) is 29.8 Å². The van der Waals surface area contributed by atoms with Crippen LogP contribution >= 0.6 is 0 Å². The number of guanidine groups is 1. The molecular formula is C18H29N3O2. The van der Waals surface area contributed by atoms with E-state index in [0.29, 0.717) is 5.92 Å². The highest BCUT2D eigenvalue weighted by Gasteiger charge is 2.24. The number of ether oxygens (including phenoxy) is 2. The molecule has 0 bridgehead atoms. The van der Waals surface area contributed by atoms with Crippen LogP contribution in [0, 0.1) is 5.92 Å². The maximum absolute atomic E-state index is 5.27. The molecule has 23 heavy (non-hydrogen) atoms. The lowest BCUT2D eigenvalue weighted by atomic mass is 10.1. The van der Waals surface area contributed by atoms with Gasteiger partial charge in [0.1, 0.15) is 5.75 Å². The van der Waals surface area contributed by atoms with Crippen molar-refractivity contribution in [1.82, 2.24) is 10.2 Å². The van der Waals surface area contributed by atoms with Gasteiger partial charge in [-0.3, -0.25) is 4.99 Å². The van der Waals surface area contributed by atoms with Gasteiger partial charge in [0, 0.05) is 39.2 Å². The molecule has 5 nitrogen and oxygen atoms in total. The van der Waals surface area contributed by atoms with E-state index in [4.69, 9.17) is 14.5 Å². The second kappa shape index (κ2) is 9.40. The molecule has 0 spiro atoms. The fourth-order valence-corrected chi connectivity index (χ4v) is 2.91. The fraction of sp³-hybridized carbons (Fsp3) is 0.611. The highest BCUT2D eigenvalue weighted by atomic mass is 16.5. The van der Waals surface area contributed by atoms with Gasteiger partial charge in [-0.15, -0.1) is 0 Å². The topological polar surface area (TPSA) is 46.1 Å². The Morgan fingerprint density at radius 3 is 2.74 bits per heavy atom. The van der Waals surface area contributed by atoms with Crippen LogP contribution in [0.5, 0.6) is 5.75 Å². The van der Waals surface area contributed by atoms with Gasteiger partial charge >= 0.3 is 0 Å². The minimum absolute atomic E-state index is 0.616. The molecule has 1 aliphatic rings. The first kappa shape index (κ1) is 17.6. The number of nitrogens with zero attached hydrogens (tertiary/aromatic N) is 2. The minimum atomic E-state index is 0.616. The fourth-order valence-electron chi connectivity index (χ4n) is 2.91. The third-order valence-electron chi connectivity index (χ3n) is 4.14. The Kier molecular flexibility index (Phi) is 7.20. The number of methoxy groups -OCH3 is 2. The average Bonchev–Trinajstić information content (AvgIpc) is 3.03. The molecule has 0 aliphatic carbocycles. The van der Waals surface area contributed by atoms with Crippen LogP contribution in [0.3, 0.4) is 0 Å². The van der Waals surface area contributed by atoms with Crippen molar-refractivity contribution in [3.8, 4) is 5.75 Å². The molecular weight excluding hydrogens is 290 g/mol. The van der Waals surface area contributed by atoms with Crippen molar-refractivity contribution in [2.45, 2.75) is 19.8 Å². The maximum Gasteiger partial charge on any atom is 0.193 e. The molecule has 1 aromatic rings. The van der Waals surface area contributed by atoms with Crippen molar-refractivity contribution >= 4 is 5.96 Å². The van der Waals surface area contributed by atoms with Crippen molar-refractivity contribution in [3.63, 3.8) is 0 Å². The third-order valence-corrected chi connectivity index (χ3v) is 4.14. The highest BCUT2D eigenvalue weighted by Crippen LogP contribution is 2.16. The first-order valence-electron chi connectivity index (χ1n) is 8.42. The van der Waals surface area contributed by atoms with Gasteiger partial charge in [-0.25, -0.2) is 0 Å². The predicted molar refractivity (Wildman–Crippen MR) is 94.2 cm³/mol. The van der Waals surface area contributed by atoms with Crippen molar-refractivity contribution < 1.29 is 9.47 Å². The molecule has 1 N–H and O–H groups in total. The van der Waals surface area contributed by atoms with Crippen molar-refractivity contribution in [2.24, 2.45) is 10.9 Å². The van der Waals surface area contributed by atoms with E-state index in [1.165, 1.54) is 12.0 Å². The molecule has 1 saturated heterocycles. The summed E-state index contributed by atoms with van der Waals surface area (Å²) in [6.45, 7) is 6.72. The number of benzene rings is 1. The van der Waals surface area contributed by atoms with Crippen molar-refractivity contribution in [1.29, 1.82) is 0 Å². The van der Waals surface area contributed by atoms with Gasteiger partial charge in [-0.1, -0.05) is 12.1 Å². The molecule has 0 saturated carbocycles. The summed E-state index contributed by atoms with van der Waals surface area (Å²) in [5, 5.41) is 3.41. The molecule has 1 unspecified atom stereocenters.